The van der Waals surface area contributed by atoms with Crippen molar-refractivity contribution in [3.8, 4) is 0 Å². The van der Waals surface area contributed by atoms with Crippen LogP contribution in [0.25, 0.3) is 10.8 Å². The van der Waals surface area contributed by atoms with Crippen LogP contribution < -0.4 is 26.0 Å². The van der Waals surface area contributed by atoms with Crippen LogP contribution in [0.3, 0.4) is 0 Å². The average molecular weight is 492 g/mol. The third-order valence-corrected chi connectivity index (χ3v) is 7.18. The molecule has 0 spiro atoms. The summed E-state index contributed by atoms with van der Waals surface area (Å²) in [6, 6.07) is 11.1. The number of anilines is 1. The minimum atomic E-state index is -3.62. The molecule has 0 aliphatic carbocycles. The van der Waals surface area contributed by atoms with Crippen molar-refractivity contribution in [3.05, 3.63) is 36.4 Å². The molecular weight excluding hydrogens is 450 g/mol. The molecule has 1 amide bonds. The van der Waals surface area contributed by atoms with E-state index in [0.29, 0.717) is 36.2 Å². The Kier molecular flexibility index (Phi) is 12.3. The lowest BCUT2D eigenvalue weighted by Gasteiger charge is -2.17. The Morgan fingerprint density at radius 2 is 1.56 bits per heavy atom. The van der Waals surface area contributed by atoms with Gasteiger partial charge in [-0.2, -0.15) is 0 Å². The number of rotatable bonds is 17. The highest BCUT2D eigenvalue weighted by Crippen LogP contribution is 2.30. The van der Waals surface area contributed by atoms with Crippen LogP contribution in [0.2, 0.25) is 0 Å². The Hall–Kier alpha value is -2.20. The summed E-state index contributed by atoms with van der Waals surface area (Å²) in [5.41, 5.74) is 6.44. The number of hydrogen-bond acceptors (Lipinski definition) is 6. The van der Waals surface area contributed by atoms with Crippen LogP contribution in [-0.4, -0.2) is 61.1 Å². The number of sulfonamides is 1. The van der Waals surface area contributed by atoms with Crippen LogP contribution in [0.15, 0.2) is 41.3 Å². The van der Waals surface area contributed by atoms with Crippen molar-refractivity contribution in [2.24, 2.45) is 5.73 Å². The summed E-state index contributed by atoms with van der Waals surface area (Å²) in [5.74, 6) is 0.0520. The van der Waals surface area contributed by atoms with Crippen molar-refractivity contribution < 1.29 is 13.2 Å². The van der Waals surface area contributed by atoms with Crippen molar-refractivity contribution in [2.45, 2.75) is 49.8 Å². The van der Waals surface area contributed by atoms with Crippen LogP contribution in [0.4, 0.5) is 5.69 Å². The van der Waals surface area contributed by atoms with Gasteiger partial charge in [-0.15, -0.1) is 0 Å². The van der Waals surface area contributed by atoms with Gasteiger partial charge >= 0.3 is 0 Å². The van der Waals surface area contributed by atoms with Crippen LogP contribution in [0.5, 0.6) is 0 Å². The first-order valence-electron chi connectivity index (χ1n) is 12.2. The van der Waals surface area contributed by atoms with Crippen LogP contribution >= 0.6 is 0 Å². The fourth-order valence-electron chi connectivity index (χ4n) is 3.81. The number of amides is 1. The van der Waals surface area contributed by atoms with Gasteiger partial charge in [0, 0.05) is 50.1 Å². The lowest BCUT2D eigenvalue weighted by atomic mass is 10.1. The number of nitrogens with zero attached hydrogens (tertiary/aromatic N) is 1. The van der Waals surface area contributed by atoms with Crippen molar-refractivity contribution in [1.82, 2.24) is 15.4 Å². The molecule has 0 aliphatic rings. The Morgan fingerprint density at radius 3 is 2.32 bits per heavy atom. The van der Waals surface area contributed by atoms with Crippen LogP contribution in [0.1, 0.15) is 44.9 Å². The molecule has 0 saturated carbocycles. The first kappa shape index (κ1) is 28.0. The topological polar surface area (TPSA) is 117 Å². The predicted molar refractivity (Wildman–Crippen MR) is 141 cm³/mol. The Morgan fingerprint density at radius 1 is 0.853 bits per heavy atom. The summed E-state index contributed by atoms with van der Waals surface area (Å²) >= 11 is 0. The molecule has 190 valence electrons. The first-order valence-corrected chi connectivity index (χ1v) is 13.7. The fraction of sp³-hybridized carbons (Fsp3) is 0.560. The van der Waals surface area contributed by atoms with E-state index in [9.17, 15) is 13.2 Å². The molecular formula is C25H41N5O3S. The zero-order valence-electron chi connectivity index (χ0n) is 20.6. The molecule has 2 aromatic carbocycles. The van der Waals surface area contributed by atoms with Crippen molar-refractivity contribution >= 4 is 32.4 Å². The molecule has 0 atom stereocenters. The van der Waals surface area contributed by atoms with E-state index in [0.717, 1.165) is 62.8 Å². The number of unbranched alkanes of at least 4 members (excludes halogenated alkanes) is 3. The van der Waals surface area contributed by atoms with Crippen molar-refractivity contribution in [1.29, 1.82) is 0 Å². The Bertz CT molecular complexity index is 995. The SMILES string of the molecule is CN(C)c1cccc2c(S(=O)(=O)NCCCCCC(=O)NCCCNCCCCN)cccc12. The molecule has 0 saturated heterocycles. The summed E-state index contributed by atoms with van der Waals surface area (Å²) in [6.07, 6.45) is 5.70. The Balaban J connectivity index is 1.67. The van der Waals surface area contributed by atoms with Gasteiger partial charge in [-0.1, -0.05) is 30.7 Å². The monoisotopic (exact) mass is 491 g/mol. The van der Waals surface area contributed by atoms with Gasteiger partial charge in [-0.3, -0.25) is 4.79 Å². The van der Waals surface area contributed by atoms with Gasteiger partial charge in [-0.05, 0) is 63.9 Å². The van der Waals surface area contributed by atoms with Gasteiger partial charge in [0.15, 0.2) is 0 Å². The minimum Gasteiger partial charge on any atom is -0.377 e. The van der Waals surface area contributed by atoms with Crippen LogP contribution in [-0.2, 0) is 14.8 Å². The molecule has 9 heteroatoms. The van der Waals surface area contributed by atoms with E-state index in [1.807, 2.05) is 43.3 Å². The maximum atomic E-state index is 12.9. The highest BCUT2D eigenvalue weighted by molar-refractivity contribution is 7.89. The van der Waals surface area contributed by atoms with Crippen LogP contribution in [0, 0.1) is 0 Å². The zero-order valence-corrected chi connectivity index (χ0v) is 21.4. The lowest BCUT2D eigenvalue weighted by Crippen LogP contribution is -2.27. The molecule has 2 rings (SSSR count). The molecule has 0 bridgehead atoms. The van der Waals surface area contributed by atoms with E-state index in [-0.39, 0.29) is 5.91 Å². The second-order valence-electron chi connectivity index (χ2n) is 8.68. The second kappa shape index (κ2) is 14.9. The highest BCUT2D eigenvalue weighted by Gasteiger charge is 2.18. The van der Waals surface area contributed by atoms with E-state index >= 15 is 0 Å². The zero-order chi connectivity index (χ0) is 24.8. The maximum Gasteiger partial charge on any atom is 0.241 e. The third-order valence-electron chi connectivity index (χ3n) is 5.66. The molecule has 2 aromatic rings. The number of nitrogens with two attached hydrogens (primary N) is 1. The van der Waals surface area contributed by atoms with Crippen molar-refractivity contribution in [2.75, 3.05) is 51.7 Å². The smallest absolute Gasteiger partial charge is 0.241 e. The number of carbonyl (C=O) groups is 1. The number of nitrogens with one attached hydrogen (secondary N) is 3. The molecule has 0 fully saturated rings. The van der Waals surface area contributed by atoms with Gasteiger partial charge in [0.05, 0.1) is 4.90 Å². The number of carbonyl (C=O) groups excluding carboxylic acids is 1. The minimum absolute atomic E-state index is 0.0520. The number of fused-ring (bicyclic) bond motifs is 1. The van der Waals surface area contributed by atoms with Crippen molar-refractivity contribution in [3.63, 3.8) is 0 Å². The summed E-state index contributed by atoms with van der Waals surface area (Å²) in [7, 11) is 0.267. The normalized spacial score (nSPS) is 11.6. The molecule has 8 nitrogen and oxygen atoms in total. The largest absolute Gasteiger partial charge is 0.377 e. The van der Waals surface area contributed by atoms with Gasteiger partial charge < -0.3 is 21.3 Å². The van der Waals surface area contributed by atoms with Gasteiger partial charge in [-0.25, -0.2) is 13.1 Å². The first-order chi connectivity index (χ1) is 16.4. The summed E-state index contributed by atoms with van der Waals surface area (Å²) in [4.78, 5) is 14.2. The van der Waals surface area contributed by atoms with E-state index in [1.54, 1.807) is 12.1 Å². The number of benzene rings is 2. The second-order valence-corrected chi connectivity index (χ2v) is 10.4. The number of hydrogen-bond donors (Lipinski definition) is 4. The summed E-state index contributed by atoms with van der Waals surface area (Å²) in [5, 5.41) is 7.89. The average Bonchev–Trinajstić information content (AvgIpc) is 2.82. The van der Waals surface area contributed by atoms with Gasteiger partial charge in [0.2, 0.25) is 15.9 Å². The molecule has 0 unspecified atom stereocenters. The highest BCUT2D eigenvalue weighted by atomic mass is 32.2. The Labute approximate surface area is 204 Å². The fourth-order valence-corrected chi connectivity index (χ4v) is 5.10. The molecule has 0 heterocycles. The van der Waals surface area contributed by atoms with E-state index < -0.39 is 10.0 Å². The lowest BCUT2D eigenvalue weighted by molar-refractivity contribution is -0.121. The quantitative estimate of drug-likeness (QED) is 0.253. The molecule has 0 aromatic heterocycles. The predicted octanol–water partition coefficient (Wildman–Crippen LogP) is 2.58. The molecule has 34 heavy (non-hydrogen) atoms. The van der Waals surface area contributed by atoms with E-state index in [2.05, 4.69) is 15.4 Å². The van der Waals surface area contributed by atoms with Gasteiger partial charge in [0.1, 0.15) is 0 Å². The summed E-state index contributed by atoms with van der Waals surface area (Å²) < 4.78 is 28.5. The summed E-state index contributed by atoms with van der Waals surface area (Å²) in [6.45, 7) is 3.60. The molecule has 0 aliphatic heterocycles. The standard InChI is InChI=1S/C25H41N5O3S/c1-30(2)23-13-8-12-22-21(23)11-9-14-24(22)34(32,33)29-20-6-3-4-15-25(31)28-19-10-18-27-17-7-5-16-26/h8-9,11-14,27,29H,3-7,10,15-20,26H2,1-2H3,(H,28,31). The van der Waals surface area contributed by atoms with E-state index in [1.165, 1.54) is 0 Å². The van der Waals surface area contributed by atoms with Gasteiger partial charge in [0.25, 0.3) is 0 Å². The molecule has 5 N–H and O–H groups in total. The van der Waals surface area contributed by atoms with E-state index in [4.69, 9.17) is 5.73 Å². The third kappa shape index (κ3) is 9.21. The maximum absolute atomic E-state index is 12.9. The molecule has 0 radical (unpaired) electrons.